The number of nitrogens with one attached hydrogen (secondary N) is 2. The molecule has 4 rings (SSSR count). The number of aromatic nitrogens is 3. The number of benzene rings is 2. The van der Waals surface area contributed by atoms with Gasteiger partial charge in [-0.2, -0.15) is 15.0 Å². The molecule has 2 heterocycles. The molecule has 3 aromatic rings. The molecule has 8 nitrogen and oxygen atoms in total. The molecule has 0 bridgehead atoms. The highest BCUT2D eigenvalue weighted by molar-refractivity contribution is 6.30. The number of carbonyl (C=O) groups excluding carboxylic acids is 1. The Hall–Kier alpha value is -3.30. The van der Waals surface area contributed by atoms with Gasteiger partial charge in [0.15, 0.2) is 11.6 Å². The van der Waals surface area contributed by atoms with Gasteiger partial charge in [0.1, 0.15) is 18.2 Å². The lowest BCUT2D eigenvalue weighted by molar-refractivity contribution is 0.112. The first-order valence-electron chi connectivity index (χ1n) is 9.92. The summed E-state index contributed by atoms with van der Waals surface area (Å²) >= 11 is 5.76. The lowest BCUT2D eigenvalue weighted by Crippen LogP contribution is -2.54. The predicted octanol–water partition coefficient (Wildman–Crippen LogP) is 3.63. The van der Waals surface area contributed by atoms with Crippen LogP contribution in [0.25, 0.3) is 0 Å². The van der Waals surface area contributed by atoms with E-state index in [1.165, 1.54) is 12.1 Å². The van der Waals surface area contributed by atoms with Crippen molar-refractivity contribution in [3.8, 4) is 5.75 Å². The van der Waals surface area contributed by atoms with Crippen molar-refractivity contribution in [3.05, 3.63) is 64.7 Å². The number of halogens is 2. The maximum atomic E-state index is 13.9. The molecule has 0 saturated carbocycles. The van der Waals surface area contributed by atoms with E-state index in [4.69, 9.17) is 16.3 Å². The first kappa shape index (κ1) is 23.4. The van der Waals surface area contributed by atoms with Crippen molar-refractivity contribution >= 4 is 35.5 Å². The number of aldehydes is 1. The summed E-state index contributed by atoms with van der Waals surface area (Å²) in [6, 6.07) is 11.3. The molecule has 0 amide bonds. The van der Waals surface area contributed by atoms with Crippen LogP contribution in [0, 0.1) is 12.7 Å². The Kier molecular flexibility index (Phi) is 7.91. The van der Waals surface area contributed by atoms with E-state index in [-0.39, 0.29) is 11.9 Å². The lowest BCUT2D eigenvalue weighted by Gasteiger charge is -2.39. The molecule has 168 valence electrons. The van der Waals surface area contributed by atoms with Gasteiger partial charge in [-0.25, -0.2) is 4.39 Å². The second-order valence-corrected chi connectivity index (χ2v) is 7.53. The van der Waals surface area contributed by atoms with Gasteiger partial charge in [0.25, 0.3) is 0 Å². The molecular formula is C22H24ClFN6O2. The van der Waals surface area contributed by atoms with Crippen molar-refractivity contribution in [1.29, 1.82) is 0 Å². The molecular weight excluding hydrogens is 435 g/mol. The zero-order valence-corrected chi connectivity index (χ0v) is 18.7. The molecule has 10 heteroatoms. The summed E-state index contributed by atoms with van der Waals surface area (Å²) in [6.45, 7) is 2.81. The molecule has 2 N–H and O–H groups in total. The van der Waals surface area contributed by atoms with E-state index in [1.54, 1.807) is 31.2 Å². The summed E-state index contributed by atoms with van der Waals surface area (Å²) in [6.07, 6.45) is 0.599. The largest absolute Gasteiger partial charge is 0.484 e. The predicted molar refractivity (Wildman–Crippen MR) is 123 cm³/mol. The fraction of sp³-hybridized carbons (Fsp3) is 0.273. The van der Waals surface area contributed by atoms with Crippen molar-refractivity contribution in [2.75, 3.05) is 37.4 Å². The molecule has 0 aliphatic carbocycles. The minimum atomic E-state index is -0.490. The molecule has 0 unspecified atom stereocenters. The smallest absolute Gasteiger partial charge is 0.232 e. The number of ether oxygens (including phenoxy) is 1. The maximum absolute atomic E-state index is 13.9. The average Bonchev–Trinajstić information content (AvgIpc) is 2.72. The van der Waals surface area contributed by atoms with E-state index in [0.717, 1.165) is 6.29 Å². The van der Waals surface area contributed by atoms with E-state index in [1.807, 2.05) is 25.1 Å². The first-order valence-corrected chi connectivity index (χ1v) is 10.3. The van der Waals surface area contributed by atoms with Crippen LogP contribution in [0.3, 0.4) is 0 Å². The van der Waals surface area contributed by atoms with Crippen LogP contribution in [-0.2, 0) is 0 Å². The van der Waals surface area contributed by atoms with Crippen molar-refractivity contribution < 1.29 is 13.9 Å². The second kappa shape index (κ2) is 10.8. The Morgan fingerprint density at radius 2 is 1.91 bits per heavy atom. The van der Waals surface area contributed by atoms with E-state index >= 15 is 0 Å². The highest BCUT2D eigenvalue weighted by atomic mass is 35.5. The Bertz CT molecular complexity index is 1080. The van der Waals surface area contributed by atoms with Crippen LogP contribution < -0.4 is 20.3 Å². The molecule has 1 aliphatic heterocycles. The zero-order valence-electron chi connectivity index (χ0n) is 18.0. The van der Waals surface area contributed by atoms with Crippen LogP contribution in [-0.4, -0.2) is 54.5 Å². The third-order valence-corrected chi connectivity index (χ3v) is 4.57. The van der Waals surface area contributed by atoms with Crippen molar-refractivity contribution in [2.45, 2.75) is 13.0 Å². The summed E-state index contributed by atoms with van der Waals surface area (Å²) in [4.78, 5) is 25.9. The second-order valence-electron chi connectivity index (χ2n) is 7.09. The third kappa shape index (κ3) is 6.12. The number of aryl methyl sites for hydroxylation is 1. The van der Waals surface area contributed by atoms with Crippen LogP contribution in [0.1, 0.15) is 16.2 Å². The van der Waals surface area contributed by atoms with Gasteiger partial charge in [0.05, 0.1) is 13.1 Å². The van der Waals surface area contributed by atoms with E-state index in [9.17, 15) is 9.18 Å². The van der Waals surface area contributed by atoms with Gasteiger partial charge in [0, 0.05) is 16.3 Å². The van der Waals surface area contributed by atoms with Gasteiger partial charge in [-0.05, 0) is 51.4 Å². The fourth-order valence-corrected chi connectivity index (χ4v) is 3.07. The summed E-state index contributed by atoms with van der Waals surface area (Å²) in [7, 11) is 3.75. The molecule has 1 fully saturated rings. The number of hydrogen-bond donors (Lipinski definition) is 2. The molecule has 1 aromatic heterocycles. The molecule has 32 heavy (non-hydrogen) atoms. The first-order chi connectivity index (χ1) is 15.4. The number of nitrogens with zero attached hydrogens (tertiary/aromatic N) is 4. The fourth-order valence-electron chi connectivity index (χ4n) is 2.91. The van der Waals surface area contributed by atoms with Gasteiger partial charge in [-0.15, -0.1) is 0 Å². The SMILES string of the molecule is CNC.Cc1nc(Nc2cccc(C=O)c2)nc(N2CC(Oc3ccc(Cl)cc3F)C2)n1. The number of anilines is 3. The molecule has 0 radical (unpaired) electrons. The summed E-state index contributed by atoms with van der Waals surface area (Å²) in [5.41, 5.74) is 1.26. The van der Waals surface area contributed by atoms with E-state index in [2.05, 4.69) is 25.6 Å². The van der Waals surface area contributed by atoms with Gasteiger partial charge in [-0.3, -0.25) is 4.79 Å². The Balaban J connectivity index is 0.000000913. The van der Waals surface area contributed by atoms with E-state index < -0.39 is 5.82 Å². The average molecular weight is 459 g/mol. The van der Waals surface area contributed by atoms with Crippen molar-refractivity contribution in [2.24, 2.45) is 0 Å². The van der Waals surface area contributed by atoms with Crippen LogP contribution in [0.5, 0.6) is 5.75 Å². The zero-order chi connectivity index (χ0) is 23.1. The summed E-state index contributed by atoms with van der Waals surface area (Å²) < 4.78 is 19.5. The Morgan fingerprint density at radius 3 is 2.59 bits per heavy atom. The van der Waals surface area contributed by atoms with Gasteiger partial charge >= 0.3 is 0 Å². The van der Waals surface area contributed by atoms with Crippen LogP contribution in [0.2, 0.25) is 5.02 Å². The van der Waals surface area contributed by atoms with Crippen molar-refractivity contribution in [1.82, 2.24) is 20.3 Å². The minimum Gasteiger partial charge on any atom is -0.484 e. The molecule has 1 saturated heterocycles. The van der Waals surface area contributed by atoms with Crippen LogP contribution >= 0.6 is 11.6 Å². The van der Waals surface area contributed by atoms with Crippen LogP contribution in [0.15, 0.2) is 42.5 Å². The quantitative estimate of drug-likeness (QED) is 0.541. The van der Waals surface area contributed by atoms with Crippen molar-refractivity contribution in [3.63, 3.8) is 0 Å². The third-order valence-electron chi connectivity index (χ3n) is 4.33. The van der Waals surface area contributed by atoms with Crippen LogP contribution in [0.4, 0.5) is 22.0 Å². The topological polar surface area (TPSA) is 92.3 Å². The van der Waals surface area contributed by atoms with Gasteiger partial charge in [0.2, 0.25) is 11.9 Å². The van der Waals surface area contributed by atoms with E-state index in [0.29, 0.717) is 47.1 Å². The number of rotatable bonds is 6. The van der Waals surface area contributed by atoms with Gasteiger partial charge < -0.3 is 20.3 Å². The molecule has 2 aromatic carbocycles. The maximum Gasteiger partial charge on any atom is 0.232 e. The Morgan fingerprint density at radius 1 is 1.16 bits per heavy atom. The minimum absolute atomic E-state index is 0.170. The standard InChI is InChI=1S/C20H17ClFN5O2.C2H7N/c1-12-23-19(25-15-4-2-3-13(7-15)11-28)26-20(24-12)27-9-16(10-27)29-18-6-5-14(21)8-17(18)22;1-3-2/h2-8,11,16H,9-10H2,1H3,(H,23,24,25,26);3H,1-2H3. The summed E-state index contributed by atoms with van der Waals surface area (Å²) in [5.74, 6) is 1.11. The highest BCUT2D eigenvalue weighted by Gasteiger charge is 2.31. The summed E-state index contributed by atoms with van der Waals surface area (Å²) in [5, 5.41) is 6.16. The van der Waals surface area contributed by atoms with Gasteiger partial charge in [-0.1, -0.05) is 23.7 Å². The number of hydrogen-bond acceptors (Lipinski definition) is 8. The lowest BCUT2D eigenvalue weighted by atomic mass is 10.2. The normalized spacial score (nSPS) is 13.0. The molecule has 1 aliphatic rings. The number of carbonyl (C=O) groups is 1. The Labute approximate surface area is 190 Å². The highest BCUT2D eigenvalue weighted by Crippen LogP contribution is 2.26. The monoisotopic (exact) mass is 458 g/mol. The molecule has 0 spiro atoms. The molecule has 0 atom stereocenters.